The van der Waals surface area contributed by atoms with E-state index in [1.165, 1.54) is 32.1 Å². The molecule has 15 heavy (non-hydrogen) atoms. The van der Waals surface area contributed by atoms with Crippen LogP contribution in [0.3, 0.4) is 0 Å². The summed E-state index contributed by atoms with van der Waals surface area (Å²) < 4.78 is 0.656. The molecule has 86 valence electrons. The van der Waals surface area contributed by atoms with Gasteiger partial charge in [0.25, 0.3) is 0 Å². The molecule has 0 saturated heterocycles. The molecule has 4 fully saturated rings. The fourth-order valence-electron chi connectivity index (χ4n) is 5.19. The Balaban J connectivity index is 2.12. The van der Waals surface area contributed by atoms with E-state index in [0.717, 1.165) is 0 Å². The standard InChI is InChI=1S/C12H17Br3/c1-9-3-10(2)6-11(14,4-9)8(13)12(15,5-9)7-10/h8H,3-7H2,1-2H3. The lowest BCUT2D eigenvalue weighted by Gasteiger charge is -2.68. The first-order chi connectivity index (χ1) is 6.69. The molecule has 0 aliphatic heterocycles. The van der Waals surface area contributed by atoms with Crippen molar-refractivity contribution in [2.45, 2.75) is 59.4 Å². The lowest BCUT2D eigenvalue weighted by Crippen LogP contribution is -2.67. The minimum absolute atomic E-state index is 0.328. The maximum absolute atomic E-state index is 4.05. The van der Waals surface area contributed by atoms with Crippen LogP contribution in [0, 0.1) is 10.8 Å². The minimum atomic E-state index is 0.328. The quantitative estimate of drug-likeness (QED) is 0.501. The van der Waals surface area contributed by atoms with E-state index < -0.39 is 0 Å². The third-order valence-electron chi connectivity index (χ3n) is 4.64. The van der Waals surface area contributed by atoms with Gasteiger partial charge in [-0.25, -0.2) is 0 Å². The lowest BCUT2D eigenvalue weighted by molar-refractivity contribution is -0.0532. The Bertz CT molecular complexity index is 281. The first-order valence-corrected chi connectivity index (χ1v) is 8.21. The third-order valence-corrected chi connectivity index (χ3v) is 9.66. The highest BCUT2D eigenvalue weighted by molar-refractivity contribution is 9.14. The predicted octanol–water partition coefficient (Wildman–Crippen LogP) is 5.02. The summed E-state index contributed by atoms with van der Waals surface area (Å²) in [5.74, 6) is 0. The van der Waals surface area contributed by atoms with Gasteiger partial charge < -0.3 is 0 Å². The Kier molecular flexibility index (Phi) is 2.21. The summed E-state index contributed by atoms with van der Waals surface area (Å²) in [7, 11) is 0. The van der Waals surface area contributed by atoms with Crippen molar-refractivity contribution in [3.05, 3.63) is 0 Å². The van der Waals surface area contributed by atoms with Crippen LogP contribution in [0.1, 0.15) is 46.0 Å². The van der Waals surface area contributed by atoms with Crippen LogP contribution in [0.15, 0.2) is 0 Å². The Morgan fingerprint density at radius 1 is 0.800 bits per heavy atom. The molecule has 0 aromatic heterocycles. The third kappa shape index (κ3) is 1.48. The fourth-order valence-corrected chi connectivity index (χ4v) is 9.73. The van der Waals surface area contributed by atoms with E-state index >= 15 is 0 Å². The van der Waals surface area contributed by atoms with Gasteiger partial charge in [-0.1, -0.05) is 61.6 Å². The molecule has 4 bridgehead atoms. The van der Waals surface area contributed by atoms with Crippen LogP contribution < -0.4 is 0 Å². The van der Waals surface area contributed by atoms with Gasteiger partial charge in [0.1, 0.15) is 0 Å². The average molecular weight is 401 g/mol. The molecule has 4 rings (SSSR count). The molecular formula is C12H17Br3. The van der Waals surface area contributed by atoms with Crippen LogP contribution in [-0.2, 0) is 0 Å². The van der Waals surface area contributed by atoms with Crippen molar-refractivity contribution in [3.8, 4) is 0 Å². The molecule has 0 spiro atoms. The van der Waals surface area contributed by atoms with E-state index in [1.807, 2.05) is 0 Å². The molecule has 0 aromatic carbocycles. The number of hydrogen-bond donors (Lipinski definition) is 0. The molecule has 3 heteroatoms. The fraction of sp³-hybridized carbons (Fsp3) is 1.00. The van der Waals surface area contributed by atoms with Gasteiger partial charge in [0.05, 0.1) is 0 Å². The molecule has 0 nitrogen and oxygen atoms in total. The van der Waals surface area contributed by atoms with Gasteiger partial charge in [-0.15, -0.1) is 0 Å². The monoisotopic (exact) mass is 398 g/mol. The highest BCUT2D eigenvalue weighted by atomic mass is 79.9. The summed E-state index contributed by atoms with van der Waals surface area (Å²) in [5.41, 5.74) is 1.09. The van der Waals surface area contributed by atoms with Crippen LogP contribution in [-0.4, -0.2) is 13.5 Å². The normalized spacial score (nSPS) is 67.4. The van der Waals surface area contributed by atoms with Crippen LogP contribution in [0.4, 0.5) is 0 Å². The van der Waals surface area contributed by atoms with Crippen molar-refractivity contribution in [3.63, 3.8) is 0 Å². The zero-order valence-corrected chi connectivity index (χ0v) is 14.0. The largest absolute Gasteiger partial charge is 0.0860 e. The van der Waals surface area contributed by atoms with Crippen LogP contribution >= 0.6 is 47.8 Å². The van der Waals surface area contributed by atoms with E-state index in [2.05, 4.69) is 61.6 Å². The SMILES string of the molecule is CC12CC3(C)CC(Br)(C1)C(Br)C(Br)(C2)C3. The summed E-state index contributed by atoms with van der Waals surface area (Å²) in [6, 6.07) is 0. The summed E-state index contributed by atoms with van der Waals surface area (Å²) >= 11 is 12.0. The lowest BCUT2D eigenvalue weighted by atomic mass is 9.45. The molecule has 0 unspecified atom stereocenters. The minimum Gasteiger partial charge on any atom is -0.0860 e. The highest BCUT2D eigenvalue weighted by Gasteiger charge is 2.68. The van der Waals surface area contributed by atoms with Gasteiger partial charge in [0.15, 0.2) is 0 Å². The zero-order valence-electron chi connectivity index (χ0n) is 9.25. The van der Waals surface area contributed by atoms with Crippen molar-refractivity contribution in [1.82, 2.24) is 0 Å². The van der Waals surface area contributed by atoms with Gasteiger partial charge in [0.2, 0.25) is 0 Å². The van der Waals surface area contributed by atoms with Crippen LogP contribution in [0.25, 0.3) is 0 Å². The maximum atomic E-state index is 4.05. The number of rotatable bonds is 0. The average Bonchev–Trinajstić information content (AvgIpc) is 1.93. The first-order valence-electron chi connectivity index (χ1n) is 5.71. The second kappa shape index (κ2) is 2.88. The topological polar surface area (TPSA) is 0 Å². The van der Waals surface area contributed by atoms with Crippen molar-refractivity contribution in [2.24, 2.45) is 10.8 Å². The van der Waals surface area contributed by atoms with Gasteiger partial charge >= 0.3 is 0 Å². The van der Waals surface area contributed by atoms with Crippen molar-refractivity contribution < 1.29 is 0 Å². The molecule has 0 amide bonds. The summed E-state index contributed by atoms with van der Waals surface area (Å²) in [4.78, 5) is 0.582. The molecule has 0 radical (unpaired) electrons. The maximum Gasteiger partial charge on any atom is 0.0453 e. The van der Waals surface area contributed by atoms with Crippen LogP contribution in [0.5, 0.6) is 0 Å². The molecule has 0 heterocycles. The molecule has 0 atom stereocenters. The summed E-state index contributed by atoms with van der Waals surface area (Å²) in [5, 5.41) is 0. The Labute approximate surface area is 117 Å². The molecular weight excluding hydrogens is 384 g/mol. The Hall–Kier alpha value is 1.44. The smallest absolute Gasteiger partial charge is 0.0453 e. The molecule has 0 N–H and O–H groups in total. The van der Waals surface area contributed by atoms with Gasteiger partial charge in [0, 0.05) is 13.5 Å². The van der Waals surface area contributed by atoms with Gasteiger partial charge in [-0.2, -0.15) is 0 Å². The van der Waals surface area contributed by atoms with E-state index in [0.29, 0.717) is 24.3 Å². The van der Waals surface area contributed by atoms with Crippen molar-refractivity contribution >= 4 is 47.8 Å². The highest BCUT2D eigenvalue weighted by Crippen LogP contribution is 2.73. The van der Waals surface area contributed by atoms with E-state index in [9.17, 15) is 0 Å². The Morgan fingerprint density at radius 3 is 1.47 bits per heavy atom. The van der Waals surface area contributed by atoms with E-state index in [1.54, 1.807) is 0 Å². The summed E-state index contributed by atoms with van der Waals surface area (Å²) in [6.07, 6.45) is 6.75. The van der Waals surface area contributed by atoms with E-state index in [4.69, 9.17) is 0 Å². The second-order valence-corrected chi connectivity index (χ2v) is 11.0. The molecule has 0 aromatic rings. The predicted molar refractivity (Wildman–Crippen MR) is 75.3 cm³/mol. The number of hydrogen-bond acceptors (Lipinski definition) is 0. The Morgan fingerprint density at radius 2 is 1.13 bits per heavy atom. The zero-order chi connectivity index (χ0) is 11.1. The summed E-state index contributed by atoms with van der Waals surface area (Å²) in [6.45, 7) is 4.96. The van der Waals surface area contributed by atoms with Gasteiger partial charge in [-0.05, 0) is 42.9 Å². The first kappa shape index (κ1) is 11.5. The van der Waals surface area contributed by atoms with Gasteiger partial charge in [-0.3, -0.25) is 0 Å². The molecule has 4 aliphatic carbocycles. The van der Waals surface area contributed by atoms with Crippen LogP contribution in [0.2, 0.25) is 0 Å². The van der Waals surface area contributed by atoms with E-state index in [-0.39, 0.29) is 0 Å². The van der Waals surface area contributed by atoms with Crippen molar-refractivity contribution in [2.75, 3.05) is 0 Å². The second-order valence-electron chi connectivity index (χ2n) is 6.94. The van der Waals surface area contributed by atoms with Crippen molar-refractivity contribution in [1.29, 1.82) is 0 Å². The number of alkyl halides is 3. The molecule has 4 aliphatic rings. The molecule has 4 saturated carbocycles. The number of halogens is 3.